The van der Waals surface area contributed by atoms with Crippen LogP contribution in [-0.4, -0.2) is 40.3 Å². The van der Waals surface area contributed by atoms with Crippen molar-refractivity contribution < 1.29 is 14.7 Å². The molecule has 5 nitrogen and oxygen atoms in total. The number of carbonyl (C=O) groups excluding carboxylic acids is 1. The second kappa shape index (κ2) is 5.76. The predicted octanol–water partition coefficient (Wildman–Crippen LogP) is 2.29. The number of carbonyl (C=O) groups is 1. The Morgan fingerprint density at radius 2 is 2.19 bits per heavy atom. The lowest BCUT2D eigenvalue weighted by Crippen LogP contribution is -2.47. The lowest BCUT2D eigenvalue weighted by Gasteiger charge is -2.34. The third-order valence-electron chi connectivity index (χ3n) is 4.25. The number of rotatable bonds is 2. The van der Waals surface area contributed by atoms with E-state index >= 15 is 0 Å². The highest BCUT2D eigenvalue weighted by Gasteiger charge is 2.35. The number of oxime groups is 1. The Labute approximate surface area is 124 Å². The zero-order valence-corrected chi connectivity index (χ0v) is 12.2. The van der Waals surface area contributed by atoms with Crippen LogP contribution in [0.25, 0.3) is 0 Å². The number of aromatic hydroxyl groups is 1. The molecule has 1 amide bonds. The summed E-state index contributed by atoms with van der Waals surface area (Å²) in [6.07, 6.45) is 3.14. The molecule has 1 aromatic carbocycles. The summed E-state index contributed by atoms with van der Waals surface area (Å²) in [7, 11) is 0. The van der Waals surface area contributed by atoms with Crippen molar-refractivity contribution >= 4 is 11.6 Å². The van der Waals surface area contributed by atoms with Crippen LogP contribution >= 0.6 is 0 Å². The zero-order chi connectivity index (χ0) is 14.8. The van der Waals surface area contributed by atoms with Crippen molar-refractivity contribution in [1.82, 2.24) is 4.90 Å². The summed E-state index contributed by atoms with van der Waals surface area (Å²) in [4.78, 5) is 19.8. The summed E-state index contributed by atoms with van der Waals surface area (Å²) in [5.74, 6) is 0.177. The van der Waals surface area contributed by atoms with E-state index in [2.05, 4.69) is 12.1 Å². The molecule has 2 atom stereocenters. The van der Waals surface area contributed by atoms with Gasteiger partial charge in [-0.15, -0.1) is 0 Å². The molecule has 2 heterocycles. The monoisotopic (exact) mass is 288 g/mol. The Morgan fingerprint density at radius 3 is 2.95 bits per heavy atom. The van der Waals surface area contributed by atoms with E-state index in [4.69, 9.17) is 4.84 Å². The predicted molar refractivity (Wildman–Crippen MR) is 79.2 cm³/mol. The average Bonchev–Trinajstić information content (AvgIpc) is 2.97. The van der Waals surface area contributed by atoms with E-state index in [0.717, 1.165) is 19.4 Å². The first-order chi connectivity index (χ1) is 10.2. The maximum Gasteiger partial charge on any atom is 0.267 e. The van der Waals surface area contributed by atoms with Crippen LogP contribution in [0.15, 0.2) is 29.4 Å². The Morgan fingerprint density at radius 1 is 1.38 bits per heavy atom. The van der Waals surface area contributed by atoms with Gasteiger partial charge in [0.2, 0.25) is 6.10 Å². The molecule has 2 aliphatic heterocycles. The van der Waals surface area contributed by atoms with Gasteiger partial charge >= 0.3 is 0 Å². The second-order valence-electron chi connectivity index (χ2n) is 5.73. The zero-order valence-electron chi connectivity index (χ0n) is 12.2. The molecule has 1 aromatic rings. The summed E-state index contributed by atoms with van der Waals surface area (Å²) in [5.41, 5.74) is 1.27. The van der Waals surface area contributed by atoms with E-state index in [0.29, 0.717) is 17.7 Å². The molecule has 21 heavy (non-hydrogen) atoms. The molecular weight excluding hydrogens is 268 g/mol. The van der Waals surface area contributed by atoms with E-state index in [9.17, 15) is 9.90 Å². The molecule has 1 N–H and O–H groups in total. The van der Waals surface area contributed by atoms with Gasteiger partial charge in [0.1, 0.15) is 5.75 Å². The van der Waals surface area contributed by atoms with Crippen LogP contribution in [0.4, 0.5) is 0 Å². The summed E-state index contributed by atoms with van der Waals surface area (Å²) in [5, 5.41) is 13.9. The highest BCUT2D eigenvalue weighted by molar-refractivity contribution is 6.05. The van der Waals surface area contributed by atoms with Crippen LogP contribution in [0.2, 0.25) is 0 Å². The van der Waals surface area contributed by atoms with Crippen molar-refractivity contribution in [2.45, 2.75) is 44.8 Å². The number of nitrogens with zero attached hydrogens (tertiary/aromatic N) is 2. The molecule has 112 valence electrons. The summed E-state index contributed by atoms with van der Waals surface area (Å²) < 4.78 is 0. The highest BCUT2D eigenvalue weighted by Crippen LogP contribution is 2.26. The van der Waals surface area contributed by atoms with Gasteiger partial charge in [0.05, 0.1) is 5.71 Å². The van der Waals surface area contributed by atoms with E-state index in [1.165, 1.54) is 6.42 Å². The van der Waals surface area contributed by atoms with Gasteiger partial charge in [0.25, 0.3) is 5.91 Å². The molecule has 0 bridgehead atoms. The quantitative estimate of drug-likeness (QED) is 0.908. The fourth-order valence-corrected chi connectivity index (χ4v) is 3.00. The first-order valence-electron chi connectivity index (χ1n) is 7.48. The first-order valence-corrected chi connectivity index (χ1v) is 7.48. The van der Waals surface area contributed by atoms with Crippen LogP contribution < -0.4 is 0 Å². The van der Waals surface area contributed by atoms with Gasteiger partial charge < -0.3 is 14.8 Å². The third-order valence-corrected chi connectivity index (χ3v) is 4.25. The number of phenolic OH excluding ortho intramolecular Hbond substituents is 1. The Balaban J connectivity index is 1.68. The standard InChI is InChI=1S/C16H20N2O3/c1-11-6-4-5-9-18(11)16(20)15-10-13(17-21-15)12-7-2-3-8-14(12)19/h2-3,7-8,11,15,19H,4-6,9-10H2,1H3/t11-,15+/m1/s1. The molecule has 2 aliphatic rings. The van der Waals surface area contributed by atoms with Crippen molar-refractivity contribution in [3.05, 3.63) is 29.8 Å². The topological polar surface area (TPSA) is 62.1 Å². The van der Waals surface area contributed by atoms with Gasteiger partial charge in [-0.1, -0.05) is 17.3 Å². The number of hydrogen-bond acceptors (Lipinski definition) is 4. The maximum absolute atomic E-state index is 12.5. The lowest BCUT2D eigenvalue weighted by molar-refractivity contribution is -0.145. The van der Waals surface area contributed by atoms with Gasteiger partial charge in [0, 0.05) is 24.6 Å². The second-order valence-corrected chi connectivity index (χ2v) is 5.73. The first kappa shape index (κ1) is 13.9. The van der Waals surface area contributed by atoms with E-state index in [-0.39, 0.29) is 17.7 Å². The molecule has 0 unspecified atom stereocenters. The van der Waals surface area contributed by atoms with Crippen molar-refractivity contribution in [3.63, 3.8) is 0 Å². The van der Waals surface area contributed by atoms with Crippen LogP contribution in [0.1, 0.15) is 38.2 Å². The van der Waals surface area contributed by atoms with Gasteiger partial charge in [-0.3, -0.25) is 4.79 Å². The molecule has 1 fully saturated rings. The number of likely N-dealkylation sites (tertiary alicyclic amines) is 1. The minimum Gasteiger partial charge on any atom is -0.507 e. The number of para-hydroxylation sites is 1. The van der Waals surface area contributed by atoms with Crippen molar-refractivity contribution in [2.24, 2.45) is 5.16 Å². The number of phenols is 1. The largest absolute Gasteiger partial charge is 0.507 e. The Hall–Kier alpha value is -2.04. The summed E-state index contributed by atoms with van der Waals surface area (Å²) >= 11 is 0. The van der Waals surface area contributed by atoms with Crippen molar-refractivity contribution in [1.29, 1.82) is 0 Å². The molecule has 0 saturated carbocycles. The van der Waals surface area contributed by atoms with Crippen LogP contribution in [0, 0.1) is 0 Å². The molecule has 0 aliphatic carbocycles. The smallest absolute Gasteiger partial charge is 0.267 e. The SMILES string of the molecule is C[C@@H]1CCCCN1C(=O)[C@@H]1CC(c2ccccc2O)=NO1. The van der Waals surface area contributed by atoms with E-state index in [1.54, 1.807) is 18.2 Å². The highest BCUT2D eigenvalue weighted by atomic mass is 16.6. The summed E-state index contributed by atoms with van der Waals surface area (Å²) in [6.45, 7) is 2.88. The van der Waals surface area contributed by atoms with Gasteiger partial charge in [0.15, 0.2) is 0 Å². The van der Waals surface area contributed by atoms with Gasteiger partial charge in [-0.2, -0.15) is 0 Å². The molecule has 3 rings (SSSR count). The van der Waals surface area contributed by atoms with Gasteiger partial charge in [-0.25, -0.2) is 0 Å². The van der Waals surface area contributed by atoms with E-state index < -0.39 is 6.10 Å². The van der Waals surface area contributed by atoms with Crippen molar-refractivity contribution in [2.75, 3.05) is 6.54 Å². The Bertz CT molecular complexity index is 570. The molecule has 0 radical (unpaired) electrons. The van der Waals surface area contributed by atoms with Crippen LogP contribution in [-0.2, 0) is 9.63 Å². The van der Waals surface area contributed by atoms with Crippen LogP contribution in [0.5, 0.6) is 5.75 Å². The number of piperidine rings is 1. The number of benzene rings is 1. The maximum atomic E-state index is 12.5. The number of hydrogen-bond donors (Lipinski definition) is 1. The van der Waals surface area contributed by atoms with Crippen LogP contribution in [0.3, 0.4) is 0 Å². The fraction of sp³-hybridized carbons (Fsp3) is 0.500. The average molecular weight is 288 g/mol. The fourth-order valence-electron chi connectivity index (χ4n) is 3.00. The minimum atomic E-state index is -0.555. The molecule has 0 spiro atoms. The van der Waals surface area contributed by atoms with E-state index in [1.807, 2.05) is 11.0 Å². The lowest BCUT2D eigenvalue weighted by atomic mass is 10.00. The Kier molecular flexibility index (Phi) is 3.82. The normalized spacial score (nSPS) is 25.4. The third kappa shape index (κ3) is 2.73. The minimum absolute atomic E-state index is 0.0105. The summed E-state index contributed by atoms with van der Waals surface area (Å²) in [6, 6.07) is 7.25. The molecule has 5 heteroatoms. The molecule has 1 saturated heterocycles. The van der Waals surface area contributed by atoms with Gasteiger partial charge in [-0.05, 0) is 38.3 Å². The number of amides is 1. The molecule has 0 aromatic heterocycles. The van der Waals surface area contributed by atoms with Crippen molar-refractivity contribution in [3.8, 4) is 5.75 Å². The molecular formula is C16H20N2O3.